The van der Waals surface area contributed by atoms with Crippen LogP contribution in [0.15, 0.2) is 39.8 Å². The van der Waals surface area contributed by atoms with E-state index in [1.165, 1.54) is 0 Å². The highest BCUT2D eigenvalue weighted by molar-refractivity contribution is 9.10. The van der Waals surface area contributed by atoms with Gasteiger partial charge >= 0.3 is 0 Å². The zero-order chi connectivity index (χ0) is 17.4. The normalized spacial score (nSPS) is 24.7. The lowest BCUT2D eigenvalue weighted by Gasteiger charge is -2.30. The molecule has 0 amide bonds. The molecule has 1 aliphatic carbocycles. The largest absolute Gasteiger partial charge is 0.366 e. The van der Waals surface area contributed by atoms with Crippen LogP contribution in [0.5, 0.6) is 0 Å². The van der Waals surface area contributed by atoms with Gasteiger partial charge in [0.1, 0.15) is 5.82 Å². The van der Waals surface area contributed by atoms with Gasteiger partial charge in [-0.05, 0) is 59.8 Å². The molecule has 7 nitrogen and oxygen atoms in total. The van der Waals surface area contributed by atoms with Crippen LogP contribution in [0.25, 0.3) is 0 Å². The smallest absolute Gasteiger partial charge is 0.240 e. The molecular formula is C16H18BrN5O2S. The Kier molecular flexibility index (Phi) is 4.38. The van der Waals surface area contributed by atoms with E-state index in [2.05, 4.69) is 41.3 Å². The highest BCUT2D eigenvalue weighted by Crippen LogP contribution is 2.28. The van der Waals surface area contributed by atoms with Gasteiger partial charge in [-0.15, -0.1) is 0 Å². The number of sulfonamides is 1. The molecule has 25 heavy (non-hydrogen) atoms. The molecular weight excluding hydrogens is 406 g/mol. The van der Waals surface area contributed by atoms with Crippen molar-refractivity contribution in [2.75, 3.05) is 10.6 Å². The molecule has 0 unspecified atom stereocenters. The average molecular weight is 424 g/mol. The quantitative estimate of drug-likeness (QED) is 0.602. The number of benzene rings is 1. The van der Waals surface area contributed by atoms with E-state index in [9.17, 15) is 8.42 Å². The molecule has 5 rings (SSSR count). The summed E-state index contributed by atoms with van der Waals surface area (Å²) in [6.07, 6.45) is 5.05. The standard InChI is InChI=1S/C16H18BrN5O2S/c17-14-9-18-16-20-12-2-1-3-13(8-12)25(23,24)22-11-6-4-10(5-7-11)19-15(14)21-16/h1-3,8-11,22H,4-7H2,(H2,18,19,20,21)/t10-,11-. The molecule has 3 aliphatic rings. The molecule has 1 fully saturated rings. The van der Waals surface area contributed by atoms with Crippen LogP contribution in [-0.4, -0.2) is 30.5 Å². The first-order chi connectivity index (χ1) is 12.0. The minimum absolute atomic E-state index is 0.0352. The Morgan fingerprint density at radius 1 is 1.12 bits per heavy atom. The van der Waals surface area contributed by atoms with Crippen molar-refractivity contribution in [3.05, 3.63) is 34.9 Å². The van der Waals surface area contributed by atoms with Gasteiger partial charge in [0.15, 0.2) is 0 Å². The summed E-state index contributed by atoms with van der Waals surface area (Å²) in [7, 11) is -3.54. The van der Waals surface area contributed by atoms with Gasteiger partial charge in [0.25, 0.3) is 0 Å². The number of anilines is 3. The molecule has 3 N–H and O–H groups in total. The minimum Gasteiger partial charge on any atom is -0.366 e. The summed E-state index contributed by atoms with van der Waals surface area (Å²) in [4.78, 5) is 9.02. The Morgan fingerprint density at radius 3 is 2.68 bits per heavy atom. The average Bonchev–Trinajstić information content (AvgIpc) is 2.59. The summed E-state index contributed by atoms with van der Waals surface area (Å²) in [5, 5.41) is 6.51. The van der Waals surface area contributed by atoms with E-state index in [-0.39, 0.29) is 17.0 Å². The summed E-state index contributed by atoms with van der Waals surface area (Å²) in [5.74, 6) is 1.16. The van der Waals surface area contributed by atoms with Crippen LogP contribution < -0.4 is 15.4 Å². The first kappa shape index (κ1) is 16.7. The maximum absolute atomic E-state index is 12.7. The van der Waals surface area contributed by atoms with Crippen LogP contribution in [0.1, 0.15) is 25.7 Å². The second kappa shape index (κ2) is 6.54. The van der Waals surface area contributed by atoms with Gasteiger partial charge in [0.05, 0.1) is 9.37 Å². The summed E-state index contributed by atoms with van der Waals surface area (Å²) in [5.41, 5.74) is 0.623. The molecule has 1 aromatic heterocycles. The second-order valence-electron chi connectivity index (χ2n) is 6.36. The summed E-state index contributed by atoms with van der Waals surface area (Å²) in [6.45, 7) is 0. The van der Waals surface area contributed by atoms with Gasteiger partial charge in [-0.25, -0.2) is 18.1 Å². The monoisotopic (exact) mass is 423 g/mol. The topological polar surface area (TPSA) is 96.0 Å². The lowest BCUT2D eigenvalue weighted by Crippen LogP contribution is -2.40. The van der Waals surface area contributed by atoms with Crippen molar-refractivity contribution in [2.45, 2.75) is 42.7 Å². The van der Waals surface area contributed by atoms with Gasteiger partial charge in [-0.3, -0.25) is 0 Å². The Balaban J connectivity index is 1.78. The van der Waals surface area contributed by atoms with Gasteiger partial charge in [0, 0.05) is 24.0 Å². The van der Waals surface area contributed by atoms with Crippen molar-refractivity contribution in [1.29, 1.82) is 0 Å². The molecule has 0 saturated heterocycles. The maximum atomic E-state index is 12.7. The Labute approximate surface area is 154 Å². The minimum atomic E-state index is -3.54. The van der Waals surface area contributed by atoms with Crippen LogP contribution in [0.3, 0.4) is 0 Å². The van der Waals surface area contributed by atoms with E-state index >= 15 is 0 Å². The molecule has 2 aliphatic heterocycles. The summed E-state index contributed by atoms with van der Waals surface area (Å²) < 4.78 is 28.9. The van der Waals surface area contributed by atoms with Crippen molar-refractivity contribution >= 4 is 43.4 Å². The number of nitrogens with zero attached hydrogens (tertiary/aromatic N) is 2. The Hall–Kier alpha value is -1.71. The summed E-state index contributed by atoms with van der Waals surface area (Å²) in [6, 6.07) is 6.92. The first-order valence-electron chi connectivity index (χ1n) is 8.18. The number of fused-ring (bicyclic) bond motifs is 3. The molecule has 3 heterocycles. The SMILES string of the molecule is O=S1(=O)N[C@H]2CC[C@@H](CC2)Nc2nc(ncc2Br)Nc2cccc1c2. The molecule has 0 atom stereocenters. The van der Waals surface area contributed by atoms with Crippen molar-refractivity contribution in [3.8, 4) is 0 Å². The van der Waals surface area contributed by atoms with E-state index in [4.69, 9.17) is 0 Å². The number of aromatic nitrogens is 2. The van der Waals surface area contributed by atoms with E-state index in [1.807, 2.05) is 0 Å². The van der Waals surface area contributed by atoms with Gasteiger partial charge < -0.3 is 10.6 Å². The molecule has 1 saturated carbocycles. The highest BCUT2D eigenvalue weighted by atomic mass is 79.9. The fourth-order valence-electron chi connectivity index (χ4n) is 3.24. The van der Waals surface area contributed by atoms with Gasteiger partial charge in [-0.1, -0.05) is 6.07 Å². The van der Waals surface area contributed by atoms with E-state index < -0.39 is 10.0 Å². The van der Waals surface area contributed by atoms with E-state index in [1.54, 1.807) is 30.5 Å². The van der Waals surface area contributed by atoms with Crippen molar-refractivity contribution in [1.82, 2.24) is 14.7 Å². The van der Waals surface area contributed by atoms with Crippen molar-refractivity contribution in [3.63, 3.8) is 0 Å². The molecule has 1 aromatic carbocycles. The zero-order valence-electron chi connectivity index (χ0n) is 13.4. The summed E-state index contributed by atoms with van der Waals surface area (Å²) >= 11 is 3.49. The fourth-order valence-corrected chi connectivity index (χ4v) is 4.89. The van der Waals surface area contributed by atoms with Crippen LogP contribution in [0.2, 0.25) is 0 Å². The highest BCUT2D eigenvalue weighted by Gasteiger charge is 2.27. The Bertz CT molecular complexity index is 897. The molecule has 0 radical (unpaired) electrons. The molecule has 0 spiro atoms. The van der Waals surface area contributed by atoms with Crippen molar-refractivity contribution in [2.24, 2.45) is 0 Å². The van der Waals surface area contributed by atoms with Gasteiger partial charge in [-0.2, -0.15) is 4.98 Å². The number of hydrogen-bond donors (Lipinski definition) is 3. The number of halogens is 1. The van der Waals surface area contributed by atoms with Crippen LogP contribution in [0, 0.1) is 0 Å². The van der Waals surface area contributed by atoms with Crippen molar-refractivity contribution < 1.29 is 8.42 Å². The lowest BCUT2D eigenvalue weighted by molar-refractivity contribution is 0.387. The van der Waals surface area contributed by atoms with Crippen LogP contribution >= 0.6 is 15.9 Å². The molecule has 9 heteroatoms. The third-order valence-electron chi connectivity index (χ3n) is 4.53. The van der Waals surface area contributed by atoms with E-state index in [0.29, 0.717) is 11.6 Å². The molecule has 2 aromatic rings. The fraction of sp³-hybridized carbons (Fsp3) is 0.375. The third kappa shape index (κ3) is 3.63. The zero-order valence-corrected chi connectivity index (χ0v) is 15.8. The third-order valence-corrected chi connectivity index (χ3v) is 6.63. The second-order valence-corrected chi connectivity index (χ2v) is 8.93. The Morgan fingerprint density at radius 2 is 1.88 bits per heavy atom. The van der Waals surface area contributed by atoms with Gasteiger partial charge in [0.2, 0.25) is 16.0 Å². The van der Waals surface area contributed by atoms with E-state index in [0.717, 1.165) is 36.0 Å². The first-order valence-corrected chi connectivity index (χ1v) is 10.5. The molecule has 132 valence electrons. The van der Waals surface area contributed by atoms with Crippen LogP contribution in [-0.2, 0) is 10.0 Å². The number of rotatable bonds is 0. The molecule has 6 bridgehead atoms. The lowest BCUT2D eigenvalue weighted by atomic mass is 9.92. The number of hydrogen-bond acceptors (Lipinski definition) is 6. The van der Waals surface area contributed by atoms with Crippen LogP contribution in [0.4, 0.5) is 17.5 Å². The predicted molar refractivity (Wildman–Crippen MR) is 99.4 cm³/mol. The number of nitrogens with one attached hydrogen (secondary N) is 3. The predicted octanol–water partition coefficient (Wildman–Crippen LogP) is 3.00. The maximum Gasteiger partial charge on any atom is 0.240 e.